The predicted octanol–water partition coefficient (Wildman–Crippen LogP) is 3.53. The molecule has 0 fully saturated rings. The van der Waals surface area contributed by atoms with Crippen molar-refractivity contribution in [2.24, 2.45) is 5.84 Å². The lowest BCUT2D eigenvalue weighted by Crippen LogP contribution is -2.31. The first-order valence-corrected chi connectivity index (χ1v) is 7.25. The first-order valence-electron chi connectivity index (χ1n) is 5.70. The van der Waals surface area contributed by atoms with Crippen molar-refractivity contribution in [3.63, 3.8) is 0 Å². The maximum atomic E-state index is 6.24. The molecule has 0 aliphatic rings. The predicted molar refractivity (Wildman–Crippen MR) is 81.2 cm³/mol. The van der Waals surface area contributed by atoms with Gasteiger partial charge in [-0.25, -0.2) is 5.43 Å². The van der Waals surface area contributed by atoms with Crippen LogP contribution in [0.4, 0.5) is 0 Å². The molecule has 0 saturated carbocycles. The van der Waals surface area contributed by atoms with Crippen LogP contribution in [0.15, 0.2) is 28.9 Å². The molecule has 0 saturated heterocycles. The van der Waals surface area contributed by atoms with E-state index in [2.05, 4.69) is 26.5 Å². The Morgan fingerprint density at radius 3 is 2.79 bits per heavy atom. The number of benzene rings is 1. The van der Waals surface area contributed by atoms with E-state index in [-0.39, 0.29) is 6.04 Å². The second-order valence-electron chi connectivity index (χ2n) is 3.96. The Morgan fingerprint density at radius 1 is 1.47 bits per heavy atom. The Hall–Kier alpha value is -0.590. The van der Waals surface area contributed by atoms with Crippen molar-refractivity contribution in [2.75, 3.05) is 0 Å². The number of nitrogens with two attached hydrogens (primary N) is 1. The van der Waals surface area contributed by atoms with Gasteiger partial charge in [0.1, 0.15) is 0 Å². The SMILES string of the molecule is CCn1ncc(Br)c1C(NN)c1ccc(Cl)cc1Cl. The van der Waals surface area contributed by atoms with Crippen LogP contribution in [0, 0.1) is 0 Å². The van der Waals surface area contributed by atoms with Crippen LogP contribution in [-0.4, -0.2) is 9.78 Å². The van der Waals surface area contributed by atoms with Gasteiger partial charge in [-0.1, -0.05) is 29.3 Å². The number of hydrazine groups is 1. The molecule has 0 radical (unpaired) electrons. The summed E-state index contributed by atoms with van der Waals surface area (Å²) in [7, 11) is 0. The van der Waals surface area contributed by atoms with Crippen molar-refractivity contribution in [1.82, 2.24) is 15.2 Å². The van der Waals surface area contributed by atoms with Crippen LogP contribution < -0.4 is 11.3 Å². The van der Waals surface area contributed by atoms with Gasteiger partial charge in [0.2, 0.25) is 0 Å². The molecule has 7 heteroatoms. The summed E-state index contributed by atoms with van der Waals surface area (Å²) < 4.78 is 2.74. The molecule has 2 rings (SSSR count). The van der Waals surface area contributed by atoms with Gasteiger partial charge >= 0.3 is 0 Å². The summed E-state index contributed by atoms with van der Waals surface area (Å²) in [4.78, 5) is 0. The number of halogens is 3. The average molecular weight is 364 g/mol. The standard InChI is InChI=1S/C12H13BrCl2N4/c1-2-19-12(9(13)6-17-19)11(18-16)8-4-3-7(14)5-10(8)15/h3-6,11,18H,2,16H2,1H3. The minimum Gasteiger partial charge on any atom is -0.271 e. The van der Waals surface area contributed by atoms with Gasteiger partial charge in [-0.3, -0.25) is 10.5 Å². The molecule has 0 bridgehead atoms. The summed E-state index contributed by atoms with van der Waals surface area (Å²) in [5, 5.41) is 5.43. The van der Waals surface area contributed by atoms with Crippen LogP contribution in [-0.2, 0) is 6.54 Å². The lowest BCUT2D eigenvalue weighted by Gasteiger charge is -2.19. The number of aryl methyl sites for hydroxylation is 1. The molecule has 2 aromatic rings. The Morgan fingerprint density at radius 2 is 2.21 bits per heavy atom. The van der Waals surface area contributed by atoms with Gasteiger partial charge < -0.3 is 0 Å². The molecule has 102 valence electrons. The van der Waals surface area contributed by atoms with E-state index in [0.29, 0.717) is 10.0 Å². The van der Waals surface area contributed by atoms with Crippen molar-refractivity contribution >= 4 is 39.1 Å². The Kier molecular flexibility index (Phi) is 4.86. The van der Waals surface area contributed by atoms with Gasteiger partial charge in [0.05, 0.1) is 22.4 Å². The Labute approximate surface area is 130 Å². The highest BCUT2D eigenvalue weighted by Gasteiger charge is 2.22. The molecule has 1 aromatic carbocycles. The van der Waals surface area contributed by atoms with E-state index in [1.807, 2.05) is 17.7 Å². The van der Waals surface area contributed by atoms with Crippen LogP contribution >= 0.6 is 39.1 Å². The van der Waals surface area contributed by atoms with Gasteiger partial charge in [0, 0.05) is 16.6 Å². The normalized spacial score (nSPS) is 12.7. The summed E-state index contributed by atoms with van der Waals surface area (Å²) in [6.45, 7) is 2.75. The van der Waals surface area contributed by atoms with E-state index < -0.39 is 0 Å². The van der Waals surface area contributed by atoms with E-state index >= 15 is 0 Å². The third-order valence-corrected chi connectivity index (χ3v) is 4.02. The fourth-order valence-corrected chi connectivity index (χ4v) is 3.01. The largest absolute Gasteiger partial charge is 0.271 e. The maximum absolute atomic E-state index is 6.24. The third-order valence-electron chi connectivity index (χ3n) is 2.85. The minimum atomic E-state index is -0.262. The molecular formula is C12H13BrCl2N4. The van der Waals surface area contributed by atoms with Crippen LogP contribution in [0.25, 0.3) is 0 Å². The van der Waals surface area contributed by atoms with Crippen LogP contribution in [0.5, 0.6) is 0 Å². The fourth-order valence-electron chi connectivity index (χ4n) is 1.96. The molecule has 1 unspecified atom stereocenters. The lowest BCUT2D eigenvalue weighted by atomic mass is 10.0. The first-order chi connectivity index (χ1) is 9.08. The zero-order valence-corrected chi connectivity index (χ0v) is 13.3. The second-order valence-corrected chi connectivity index (χ2v) is 5.66. The van der Waals surface area contributed by atoms with Crippen molar-refractivity contribution in [3.05, 3.63) is 50.2 Å². The molecule has 0 spiro atoms. The molecule has 1 aromatic heterocycles. The van der Waals surface area contributed by atoms with Gasteiger partial charge in [-0.05, 0) is 40.5 Å². The van der Waals surface area contributed by atoms with Gasteiger partial charge in [0.25, 0.3) is 0 Å². The lowest BCUT2D eigenvalue weighted by molar-refractivity contribution is 0.542. The van der Waals surface area contributed by atoms with Crippen LogP contribution in [0.1, 0.15) is 24.2 Å². The fraction of sp³-hybridized carbons (Fsp3) is 0.250. The van der Waals surface area contributed by atoms with Gasteiger partial charge in [-0.2, -0.15) is 5.10 Å². The summed E-state index contributed by atoms with van der Waals surface area (Å²) in [5.41, 5.74) is 4.55. The van der Waals surface area contributed by atoms with E-state index in [4.69, 9.17) is 29.0 Å². The maximum Gasteiger partial charge on any atom is 0.0904 e. The molecule has 0 amide bonds. The van der Waals surface area contributed by atoms with Crippen molar-refractivity contribution in [3.8, 4) is 0 Å². The topological polar surface area (TPSA) is 55.9 Å². The number of hydrogen-bond donors (Lipinski definition) is 2. The number of nitrogens with zero attached hydrogens (tertiary/aromatic N) is 2. The zero-order valence-electron chi connectivity index (χ0n) is 10.2. The van der Waals surface area contributed by atoms with Crippen LogP contribution in [0.2, 0.25) is 10.0 Å². The average Bonchev–Trinajstić information content (AvgIpc) is 2.74. The summed E-state index contributed by atoms with van der Waals surface area (Å²) >= 11 is 15.6. The molecule has 19 heavy (non-hydrogen) atoms. The minimum absolute atomic E-state index is 0.262. The number of hydrogen-bond acceptors (Lipinski definition) is 3. The molecule has 0 aliphatic carbocycles. The molecular weight excluding hydrogens is 351 g/mol. The third kappa shape index (κ3) is 2.95. The summed E-state index contributed by atoms with van der Waals surface area (Å²) in [6.07, 6.45) is 1.74. The van der Waals surface area contributed by atoms with E-state index in [1.165, 1.54) is 0 Å². The van der Waals surface area contributed by atoms with E-state index in [9.17, 15) is 0 Å². The van der Waals surface area contributed by atoms with Crippen LogP contribution in [0.3, 0.4) is 0 Å². The second kappa shape index (κ2) is 6.24. The monoisotopic (exact) mass is 362 g/mol. The van der Waals surface area contributed by atoms with Gasteiger partial charge in [-0.15, -0.1) is 0 Å². The zero-order chi connectivity index (χ0) is 14.0. The highest BCUT2D eigenvalue weighted by Crippen LogP contribution is 2.33. The smallest absolute Gasteiger partial charge is 0.0904 e. The molecule has 1 heterocycles. The van der Waals surface area contributed by atoms with Crippen molar-refractivity contribution < 1.29 is 0 Å². The Bertz CT molecular complexity index is 585. The highest BCUT2D eigenvalue weighted by atomic mass is 79.9. The molecule has 1 atom stereocenters. The number of nitrogens with one attached hydrogen (secondary N) is 1. The van der Waals surface area contributed by atoms with E-state index in [0.717, 1.165) is 22.3 Å². The highest BCUT2D eigenvalue weighted by molar-refractivity contribution is 9.10. The molecule has 0 aliphatic heterocycles. The van der Waals surface area contributed by atoms with E-state index in [1.54, 1.807) is 18.3 Å². The quantitative estimate of drug-likeness (QED) is 0.645. The van der Waals surface area contributed by atoms with Crippen molar-refractivity contribution in [1.29, 1.82) is 0 Å². The summed E-state index contributed by atoms with van der Waals surface area (Å²) in [6, 6.07) is 5.08. The van der Waals surface area contributed by atoms with Crippen molar-refractivity contribution in [2.45, 2.75) is 19.5 Å². The van der Waals surface area contributed by atoms with Gasteiger partial charge in [0.15, 0.2) is 0 Å². The summed E-state index contributed by atoms with van der Waals surface area (Å²) in [5.74, 6) is 5.69. The number of rotatable bonds is 4. The number of aromatic nitrogens is 2. The molecule has 3 N–H and O–H groups in total. The first kappa shape index (κ1) is 14.8. The Balaban J connectivity index is 2.52. The molecule has 4 nitrogen and oxygen atoms in total.